The molecule has 1 unspecified atom stereocenters. The summed E-state index contributed by atoms with van der Waals surface area (Å²) in [6.07, 6.45) is 4.59. The van der Waals surface area contributed by atoms with E-state index in [4.69, 9.17) is 4.42 Å². The number of aliphatic hydroxyl groups is 1. The van der Waals surface area contributed by atoms with E-state index >= 15 is 0 Å². The predicted octanol–water partition coefficient (Wildman–Crippen LogP) is 3.16. The van der Waals surface area contributed by atoms with Crippen molar-refractivity contribution < 1.29 is 24.2 Å². The molecule has 7 heteroatoms. The summed E-state index contributed by atoms with van der Waals surface area (Å²) in [5.41, 5.74) is 1.27. The standard InChI is InChI=1S/C21H16N2O5/c24-15-7-5-14(6-8-15)18-17(19(25)16-4-2-10-28-16)20(26)21(27)23(18)12-13-3-1-9-22-11-13/h1-11,18,24,26H,12H2. The summed E-state index contributed by atoms with van der Waals surface area (Å²) in [6, 6.07) is 11.9. The summed E-state index contributed by atoms with van der Waals surface area (Å²) in [7, 11) is 0. The molecule has 2 N–H and O–H groups in total. The fourth-order valence-electron chi connectivity index (χ4n) is 3.28. The van der Waals surface area contributed by atoms with Gasteiger partial charge in [-0.25, -0.2) is 0 Å². The highest BCUT2D eigenvalue weighted by molar-refractivity contribution is 6.14. The molecule has 1 amide bonds. The molecule has 1 atom stereocenters. The van der Waals surface area contributed by atoms with E-state index in [1.165, 1.54) is 29.4 Å². The summed E-state index contributed by atoms with van der Waals surface area (Å²) in [5.74, 6) is -1.75. The molecule has 3 aromatic rings. The van der Waals surface area contributed by atoms with Crippen LogP contribution in [0.15, 0.2) is 82.9 Å². The average molecular weight is 376 g/mol. The molecule has 3 heterocycles. The van der Waals surface area contributed by atoms with Gasteiger partial charge in [-0.1, -0.05) is 18.2 Å². The number of nitrogens with zero attached hydrogens (tertiary/aromatic N) is 2. The summed E-state index contributed by atoms with van der Waals surface area (Å²) in [4.78, 5) is 31.2. The normalized spacial score (nSPS) is 16.6. The number of carbonyl (C=O) groups is 2. The Balaban J connectivity index is 1.79. The van der Waals surface area contributed by atoms with Gasteiger partial charge < -0.3 is 19.5 Å². The van der Waals surface area contributed by atoms with E-state index in [1.807, 2.05) is 0 Å². The van der Waals surface area contributed by atoms with Gasteiger partial charge >= 0.3 is 0 Å². The molecular formula is C21H16N2O5. The molecular weight excluding hydrogens is 360 g/mol. The second kappa shape index (κ2) is 7.03. The molecule has 2 aromatic heterocycles. The summed E-state index contributed by atoms with van der Waals surface area (Å²) < 4.78 is 5.17. The zero-order chi connectivity index (χ0) is 19.7. The van der Waals surface area contributed by atoms with Gasteiger partial charge in [-0.05, 0) is 41.5 Å². The second-order valence-corrected chi connectivity index (χ2v) is 6.36. The maximum Gasteiger partial charge on any atom is 0.290 e. The van der Waals surface area contributed by atoms with Crippen molar-refractivity contribution in [2.24, 2.45) is 0 Å². The van der Waals surface area contributed by atoms with Crippen LogP contribution in [0.5, 0.6) is 5.75 Å². The molecule has 28 heavy (non-hydrogen) atoms. The van der Waals surface area contributed by atoms with Crippen molar-refractivity contribution in [3.05, 3.63) is 95.4 Å². The van der Waals surface area contributed by atoms with Gasteiger partial charge in [-0.3, -0.25) is 14.6 Å². The van der Waals surface area contributed by atoms with Crippen LogP contribution in [-0.4, -0.2) is 31.8 Å². The van der Waals surface area contributed by atoms with Crippen molar-refractivity contribution in [3.63, 3.8) is 0 Å². The number of carbonyl (C=O) groups excluding carboxylic acids is 2. The van der Waals surface area contributed by atoms with Gasteiger partial charge in [0.1, 0.15) is 5.75 Å². The van der Waals surface area contributed by atoms with Gasteiger partial charge in [0.25, 0.3) is 5.91 Å². The van der Waals surface area contributed by atoms with E-state index in [1.54, 1.807) is 42.7 Å². The van der Waals surface area contributed by atoms with Crippen LogP contribution in [-0.2, 0) is 11.3 Å². The number of Topliss-reactive ketones (excluding diaryl/α,β-unsaturated/α-hetero) is 1. The van der Waals surface area contributed by atoms with E-state index in [9.17, 15) is 19.8 Å². The van der Waals surface area contributed by atoms with Crippen LogP contribution in [0.1, 0.15) is 27.7 Å². The fourth-order valence-corrected chi connectivity index (χ4v) is 3.28. The summed E-state index contributed by atoms with van der Waals surface area (Å²) in [6.45, 7) is 0.150. The number of benzene rings is 1. The van der Waals surface area contributed by atoms with Crippen molar-refractivity contribution in [3.8, 4) is 5.75 Å². The number of furan rings is 1. The largest absolute Gasteiger partial charge is 0.508 e. The number of rotatable bonds is 5. The number of aromatic nitrogens is 1. The van der Waals surface area contributed by atoms with Crippen LogP contribution < -0.4 is 0 Å². The summed E-state index contributed by atoms with van der Waals surface area (Å²) >= 11 is 0. The molecule has 1 aromatic carbocycles. The molecule has 0 fully saturated rings. The Hall–Kier alpha value is -3.87. The van der Waals surface area contributed by atoms with Crippen molar-refractivity contribution >= 4 is 11.7 Å². The van der Waals surface area contributed by atoms with Crippen LogP contribution in [0.4, 0.5) is 0 Å². The lowest BCUT2D eigenvalue weighted by Crippen LogP contribution is -2.30. The van der Waals surface area contributed by atoms with E-state index in [2.05, 4.69) is 4.98 Å². The SMILES string of the molecule is O=C(C1=C(O)C(=O)N(Cc2cccnc2)C1c1ccc(O)cc1)c1ccco1. The highest BCUT2D eigenvalue weighted by atomic mass is 16.3. The number of amides is 1. The smallest absolute Gasteiger partial charge is 0.290 e. The van der Waals surface area contributed by atoms with Crippen molar-refractivity contribution in [2.45, 2.75) is 12.6 Å². The number of phenols is 1. The molecule has 1 aliphatic heterocycles. The lowest BCUT2D eigenvalue weighted by Gasteiger charge is -2.26. The Morgan fingerprint density at radius 2 is 1.89 bits per heavy atom. The van der Waals surface area contributed by atoms with Gasteiger partial charge in [-0.2, -0.15) is 0 Å². The highest BCUT2D eigenvalue weighted by Gasteiger charge is 2.44. The average Bonchev–Trinajstić information content (AvgIpc) is 3.33. The Kier molecular flexibility index (Phi) is 4.41. The predicted molar refractivity (Wildman–Crippen MR) is 98.3 cm³/mol. The number of phenolic OH excluding ortho intramolecular Hbond substituents is 1. The maximum atomic E-state index is 13.0. The molecule has 4 rings (SSSR count). The van der Waals surface area contributed by atoms with Crippen molar-refractivity contribution in [1.29, 1.82) is 0 Å². The summed E-state index contributed by atoms with van der Waals surface area (Å²) in [5, 5.41) is 20.1. The topological polar surface area (TPSA) is 104 Å². The van der Waals surface area contributed by atoms with Crippen molar-refractivity contribution in [2.75, 3.05) is 0 Å². The van der Waals surface area contributed by atoms with E-state index in [0.29, 0.717) is 5.56 Å². The third-order valence-corrected chi connectivity index (χ3v) is 4.58. The molecule has 0 aliphatic carbocycles. The quantitative estimate of drug-likeness (QED) is 0.663. The van der Waals surface area contributed by atoms with E-state index in [0.717, 1.165) is 5.56 Å². The third-order valence-electron chi connectivity index (χ3n) is 4.58. The molecule has 1 aliphatic rings. The second-order valence-electron chi connectivity index (χ2n) is 6.36. The van der Waals surface area contributed by atoms with Crippen LogP contribution in [0, 0.1) is 0 Å². The number of pyridine rings is 1. The molecule has 7 nitrogen and oxygen atoms in total. The molecule has 0 spiro atoms. The van der Waals surface area contributed by atoms with Crippen molar-refractivity contribution in [1.82, 2.24) is 9.88 Å². The van der Waals surface area contributed by atoms with Crippen LogP contribution in [0.2, 0.25) is 0 Å². The number of hydrogen-bond donors (Lipinski definition) is 2. The molecule has 0 saturated heterocycles. The fraction of sp³-hybridized carbons (Fsp3) is 0.0952. The zero-order valence-electron chi connectivity index (χ0n) is 14.6. The maximum absolute atomic E-state index is 13.0. The molecule has 140 valence electrons. The van der Waals surface area contributed by atoms with Crippen LogP contribution in [0.3, 0.4) is 0 Å². The first kappa shape index (κ1) is 17.5. The first-order valence-corrected chi connectivity index (χ1v) is 8.56. The van der Waals surface area contributed by atoms with Gasteiger partial charge in [0.2, 0.25) is 5.78 Å². The van der Waals surface area contributed by atoms with Gasteiger partial charge in [0.15, 0.2) is 11.5 Å². The molecule has 0 radical (unpaired) electrons. The lowest BCUT2D eigenvalue weighted by atomic mass is 9.95. The molecule has 0 bridgehead atoms. The Bertz CT molecular complexity index is 1040. The molecule has 0 saturated carbocycles. The van der Waals surface area contributed by atoms with Crippen LogP contribution in [0.25, 0.3) is 0 Å². The number of aromatic hydroxyl groups is 1. The highest BCUT2D eigenvalue weighted by Crippen LogP contribution is 2.40. The van der Waals surface area contributed by atoms with Gasteiger partial charge in [0, 0.05) is 18.9 Å². The van der Waals surface area contributed by atoms with E-state index in [-0.39, 0.29) is 23.6 Å². The minimum Gasteiger partial charge on any atom is -0.508 e. The van der Waals surface area contributed by atoms with Gasteiger partial charge in [-0.15, -0.1) is 0 Å². The first-order valence-electron chi connectivity index (χ1n) is 8.56. The number of ketones is 1. The van der Waals surface area contributed by atoms with E-state index < -0.39 is 23.5 Å². The van der Waals surface area contributed by atoms with Gasteiger partial charge in [0.05, 0.1) is 17.9 Å². The minimum atomic E-state index is -0.828. The Labute approximate surface area is 160 Å². The lowest BCUT2D eigenvalue weighted by molar-refractivity contribution is -0.130. The van der Waals surface area contributed by atoms with Crippen LogP contribution >= 0.6 is 0 Å². The first-order chi connectivity index (χ1) is 13.6. The number of aliphatic hydroxyl groups excluding tert-OH is 1. The minimum absolute atomic E-state index is 0.0290. The zero-order valence-corrected chi connectivity index (χ0v) is 14.6. The monoisotopic (exact) mass is 376 g/mol. The number of hydrogen-bond acceptors (Lipinski definition) is 6. The Morgan fingerprint density at radius 1 is 1.11 bits per heavy atom. The third kappa shape index (κ3) is 3.03. The Morgan fingerprint density at radius 3 is 2.54 bits per heavy atom.